The molecule has 0 spiro atoms. The van der Waals surface area contributed by atoms with Gasteiger partial charge in [-0.05, 0) is 50.8 Å². The number of hydrogen-bond donors (Lipinski definition) is 3. The summed E-state index contributed by atoms with van der Waals surface area (Å²) in [6, 6.07) is 5.80. The Morgan fingerprint density at radius 3 is 2.74 bits per heavy atom. The Balaban J connectivity index is 1.31. The van der Waals surface area contributed by atoms with E-state index >= 15 is 0 Å². The van der Waals surface area contributed by atoms with Crippen LogP contribution in [0.1, 0.15) is 50.4 Å². The van der Waals surface area contributed by atoms with E-state index in [1.54, 1.807) is 18.2 Å². The summed E-state index contributed by atoms with van der Waals surface area (Å²) in [4.78, 5) is 29.4. The molecule has 2 fully saturated rings. The summed E-state index contributed by atoms with van der Waals surface area (Å²) in [5.74, 6) is 1.54. The number of imidazole rings is 1. The Bertz CT molecular complexity index is 1080. The van der Waals surface area contributed by atoms with E-state index in [1.807, 2.05) is 6.92 Å². The van der Waals surface area contributed by atoms with Crippen LogP contribution >= 0.6 is 11.8 Å². The molecule has 2 saturated carbocycles. The van der Waals surface area contributed by atoms with Gasteiger partial charge in [0.05, 0.1) is 16.3 Å². The van der Waals surface area contributed by atoms with Crippen LogP contribution in [0.5, 0.6) is 0 Å². The number of nitrogens with zero attached hydrogens (tertiary/aromatic N) is 3. The van der Waals surface area contributed by atoms with Gasteiger partial charge in [-0.25, -0.2) is 4.79 Å². The highest BCUT2D eigenvalue weighted by Crippen LogP contribution is 2.46. The number of carbonyl (C=O) groups is 1. The lowest BCUT2D eigenvalue weighted by atomic mass is 10.2. The molecule has 27 heavy (non-hydrogen) atoms. The summed E-state index contributed by atoms with van der Waals surface area (Å²) in [7, 11) is 0. The van der Waals surface area contributed by atoms with Gasteiger partial charge >= 0.3 is 5.69 Å². The highest BCUT2D eigenvalue weighted by Gasteiger charge is 2.37. The van der Waals surface area contributed by atoms with Crippen LogP contribution in [0.3, 0.4) is 0 Å². The van der Waals surface area contributed by atoms with Crippen molar-refractivity contribution in [3.05, 3.63) is 34.5 Å². The summed E-state index contributed by atoms with van der Waals surface area (Å²) in [6.07, 6.45) is 4.71. The van der Waals surface area contributed by atoms with Crippen molar-refractivity contribution in [1.29, 1.82) is 0 Å². The van der Waals surface area contributed by atoms with E-state index in [-0.39, 0.29) is 16.8 Å². The number of fused-ring (bicyclic) bond motifs is 1. The molecular weight excluding hydrogens is 364 g/mol. The number of hydrogen-bond acceptors (Lipinski definition) is 5. The van der Waals surface area contributed by atoms with Crippen LogP contribution in [0.4, 0.5) is 5.69 Å². The topological polar surface area (TPSA) is 108 Å². The molecule has 1 aromatic carbocycles. The molecule has 2 heterocycles. The minimum atomic E-state index is -0.306. The molecule has 2 aromatic heterocycles. The molecular formula is C18H20N6O2S. The Hall–Kier alpha value is -2.55. The van der Waals surface area contributed by atoms with Crippen molar-refractivity contribution in [2.75, 3.05) is 5.32 Å². The predicted octanol–water partition coefficient (Wildman–Crippen LogP) is 2.78. The first-order chi connectivity index (χ1) is 13.1. The van der Waals surface area contributed by atoms with E-state index < -0.39 is 0 Å². The predicted molar refractivity (Wildman–Crippen MR) is 103 cm³/mol. The van der Waals surface area contributed by atoms with E-state index in [0.717, 1.165) is 11.0 Å². The van der Waals surface area contributed by atoms with Gasteiger partial charge in [0.15, 0.2) is 5.16 Å². The third-order valence-corrected chi connectivity index (χ3v) is 6.04. The van der Waals surface area contributed by atoms with Crippen molar-refractivity contribution in [2.45, 2.75) is 55.0 Å². The summed E-state index contributed by atoms with van der Waals surface area (Å²) < 4.78 is 2.25. The zero-order valence-corrected chi connectivity index (χ0v) is 15.7. The van der Waals surface area contributed by atoms with Crippen molar-refractivity contribution >= 4 is 34.4 Å². The molecule has 0 radical (unpaired) electrons. The first-order valence-electron chi connectivity index (χ1n) is 9.23. The van der Waals surface area contributed by atoms with Crippen molar-refractivity contribution in [3.63, 3.8) is 0 Å². The third-order valence-electron chi connectivity index (χ3n) is 4.98. The van der Waals surface area contributed by atoms with E-state index in [2.05, 4.69) is 30.0 Å². The second-order valence-electron chi connectivity index (χ2n) is 7.31. The van der Waals surface area contributed by atoms with Crippen LogP contribution in [0.2, 0.25) is 0 Å². The van der Waals surface area contributed by atoms with E-state index in [1.165, 1.54) is 37.4 Å². The highest BCUT2D eigenvalue weighted by molar-refractivity contribution is 8.00. The number of nitrogens with one attached hydrogen (secondary N) is 3. The first-order valence-corrected chi connectivity index (χ1v) is 10.1. The van der Waals surface area contributed by atoms with E-state index in [9.17, 15) is 9.59 Å². The average Bonchev–Trinajstić information content (AvgIpc) is 3.56. The van der Waals surface area contributed by atoms with E-state index in [4.69, 9.17) is 0 Å². The largest absolute Gasteiger partial charge is 0.325 e. The third kappa shape index (κ3) is 3.27. The number of H-pyrrole nitrogens is 2. The number of aromatic amines is 2. The molecule has 3 N–H and O–H groups in total. The van der Waals surface area contributed by atoms with Crippen LogP contribution in [0, 0.1) is 0 Å². The first kappa shape index (κ1) is 16.6. The van der Waals surface area contributed by atoms with Gasteiger partial charge < -0.3 is 19.9 Å². The molecule has 1 atom stereocenters. The quantitative estimate of drug-likeness (QED) is 0.566. The summed E-state index contributed by atoms with van der Waals surface area (Å²) in [6.45, 7) is 1.87. The molecule has 2 aliphatic rings. The maximum atomic E-state index is 12.6. The number of thioether (sulfide) groups is 1. The van der Waals surface area contributed by atoms with E-state index in [0.29, 0.717) is 28.7 Å². The highest BCUT2D eigenvalue weighted by atomic mass is 32.2. The number of benzene rings is 1. The molecule has 3 aromatic rings. The molecule has 0 aliphatic heterocycles. The van der Waals surface area contributed by atoms with Gasteiger partial charge in [-0.3, -0.25) is 4.79 Å². The monoisotopic (exact) mass is 384 g/mol. The van der Waals surface area contributed by atoms with Crippen molar-refractivity contribution in [2.24, 2.45) is 0 Å². The van der Waals surface area contributed by atoms with Gasteiger partial charge in [0.25, 0.3) is 0 Å². The summed E-state index contributed by atoms with van der Waals surface area (Å²) in [5, 5.41) is 12.2. The Labute approximate surface area is 159 Å². The fourth-order valence-electron chi connectivity index (χ4n) is 3.23. The average molecular weight is 384 g/mol. The van der Waals surface area contributed by atoms with Gasteiger partial charge in [0.1, 0.15) is 5.82 Å². The molecule has 5 rings (SSSR count). The maximum absolute atomic E-state index is 12.6. The fourth-order valence-corrected chi connectivity index (χ4v) is 4.16. The summed E-state index contributed by atoms with van der Waals surface area (Å²) in [5.41, 5.74) is 1.77. The smallest absolute Gasteiger partial charge is 0.323 e. The number of amides is 1. The lowest BCUT2D eigenvalue weighted by Gasteiger charge is -2.13. The Morgan fingerprint density at radius 2 is 2.00 bits per heavy atom. The lowest BCUT2D eigenvalue weighted by molar-refractivity contribution is -0.115. The maximum Gasteiger partial charge on any atom is 0.323 e. The second-order valence-corrected chi connectivity index (χ2v) is 8.61. The standard InChI is InChI=1S/C18H20N6O2S/c1-9(16(25)19-11-4-7-13-14(8-11)21-17(26)20-13)27-18-23-22-15(10-2-3-10)24(18)12-5-6-12/h4,7-10,12H,2-3,5-6H2,1H3,(H,19,25)(H2,20,21,26). The number of carbonyl (C=O) groups excluding carboxylic acids is 1. The van der Waals surface area contributed by atoms with Crippen molar-refractivity contribution in [1.82, 2.24) is 24.7 Å². The van der Waals surface area contributed by atoms with Crippen LogP contribution in [0.15, 0.2) is 28.2 Å². The van der Waals surface area contributed by atoms with Crippen LogP contribution in [-0.2, 0) is 4.79 Å². The molecule has 0 saturated heterocycles. The normalized spacial score (nSPS) is 18.0. The Morgan fingerprint density at radius 1 is 1.22 bits per heavy atom. The van der Waals surface area contributed by atoms with Gasteiger partial charge in [-0.15, -0.1) is 10.2 Å². The number of aromatic nitrogens is 5. The van der Waals surface area contributed by atoms with Gasteiger partial charge in [0.2, 0.25) is 5.91 Å². The van der Waals surface area contributed by atoms with Crippen molar-refractivity contribution in [3.8, 4) is 0 Å². The molecule has 9 heteroatoms. The minimum Gasteiger partial charge on any atom is -0.325 e. The summed E-state index contributed by atoms with van der Waals surface area (Å²) >= 11 is 1.45. The zero-order valence-electron chi connectivity index (χ0n) is 14.9. The van der Waals surface area contributed by atoms with Gasteiger partial charge in [-0.1, -0.05) is 11.8 Å². The van der Waals surface area contributed by atoms with Crippen molar-refractivity contribution < 1.29 is 4.79 Å². The van der Waals surface area contributed by atoms with Crippen LogP contribution in [0.25, 0.3) is 11.0 Å². The zero-order chi connectivity index (χ0) is 18.5. The molecule has 1 unspecified atom stereocenters. The molecule has 140 valence electrons. The molecule has 2 aliphatic carbocycles. The number of anilines is 1. The molecule has 8 nitrogen and oxygen atoms in total. The molecule has 0 bridgehead atoms. The van der Waals surface area contributed by atoms with Gasteiger partial charge in [-0.2, -0.15) is 0 Å². The van der Waals surface area contributed by atoms with Crippen LogP contribution < -0.4 is 11.0 Å². The SMILES string of the molecule is CC(Sc1nnc(C2CC2)n1C1CC1)C(=O)Nc1ccc2[nH]c(=O)[nH]c2c1. The number of rotatable bonds is 6. The fraction of sp³-hybridized carbons (Fsp3) is 0.444. The Kier molecular flexibility index (Phi) is 3.85. The minimum absolute atomic E-state index is 0.101. The van der Waals surface area contributed by atoms with Gasteiger partial charge in [0, 0.05) is 17.6 Å². The molecule has 1 amide bonds. The second kappa shape index (κ2) is 6.26. The lowest BCUT2D eigenvalue weighted by Crippen LogP contribution is -2.23. The van der Waals surface area contributed by atoms with Crippen LogP contribution in [-0.4, -0.2) is 35.9 Å².